The average molecular weight is 265 g/mol. The Kier molecular flexibility index (Phi) is 8.77. The van der Waals surface area contributed by atoms with Crippen LogP contribution in [0.1, 0.15) is 56.7 Å². The fourth-order valence-corrected chi connectivity index (χ4v) is 1.86. The zero-order valence-electron chi connectivity index (χ0n) is 10.2. The molecule has 94 valence electrons. The minimum absolute atomic E-state index is 0. The first kappa shape index (κ1) is 15.8. The quantitative estimate of drug-likeness (QED) is 0.733. The van der Waals surface area contributed by atoms with E-state index >= 15 is 0 Å². The molecule has 2 nitrogen and oxygen atoms in total. The van der Waals surface area contributed by atoms with Crippen LogP contribution in [0.4, 0.5) is 0 Å². The van der Waals surface area contributed by atoms with Gasteiger partial charge in [-0.2, -0.15) is 0 Å². The highest BCUT2D eigenvalue weighted by atomic mass is 35.5. The van der Waals surface area contributed by atoms with Crippen molar-refractivity contribution in [1.29, 1.82) is 0 Å². The van der Waals surface area contributed by atoms with Crippen LogP contribution in [0.3, 0.4) is 0 Å². The monoisotopic (exact) mass is 264 g/mol. The molecule has 1 N–H and O–H groups in total. The number of halogens is 2. The van der Waals surface area contributed by atoms with E-state index in [0.717, 1.165) is 24.4 Å². The van der Waals surface area contributed by atoms with Gasteiger partial charge in [-0.3, -0.25) is 0 Å². The van der Waals surface area contributed by atoms with Crippen LogP contribution in [0.2, 0.25) is 0 Å². The lowest BCUT2D eigenvalue weighted by Crippen LogP contribution is -1.90. The van der Waals surface area contributed by atoms with Gasteiger partial charge in [0.15, 0.2) is 0 Å². The van der Waals surface area contributed by atoms with Crippen LogP contribution in [-0.2, 0) is 18.7 Å². The summed E-state index contributed by atoms with van der Waals surface area (Å²) in [6, 6.07) is 0. The summed E-state index contributed by atoms with van der Waals surface area (Å²) in [5.74, 6) is 1.64. The maximum Gasteiger partial charge on any atom is 0.106 e. The third-order valence-electron chi connectivity index (χ3n) is 2.59. The van der Waals surface area contributed by atoms with Crippen LogP contribution >= 0.6 is 24.0 Å². The van der Waals surface area contributed by atoms with Crippen molar-refractivity contribution in [3.63, 3.8) is 0 Å². The first-order valence-electron chi connectivity index (χ1n) is 5.94. The smallest absolute Gasteiger partial charge is 0.106 e. The predicted octanol–water partition coefficient (Wildman–Crippen LogP) is 4.26. The van der Waals surface area contributed by atoms with Gasteiger partial charge < -0.3 is 4.98 Å². The SMILES string of the molecule is CCCCc1nc(CCl)c(CCCC)[nH]1.Cl. The summed E-state index contributed by atoms with van der Waals surface area (Å²) < 4.78 is 0. The second kappa shape index (κ2) is 8.89. The number of alkyl halides is 1. The van der Waals surface area contributed by atoms with Crippen LogP contribution in [0.25, 0.3) is 0 Å². The topological polar surface area (TPSA) is 28.7 Å². The van der Waals surface area contributed by atoms with Crippen LogP contribution < -0.4 is 0 Å². The Balaban J connectivity index is 0.00000225. The van der Waals surface area contributed by atoms with Crippen molar-refractivity contribution >= 4 is 24.0 Å². The average Bonchev–Trinajstić information content (AvgIpc) is 2.66. The number of hydrogen-bond donors (Lipinski definition) is 1. The number of nitrogens with one attached hydrogen (secondary N) is 1. The summed E-state index contributed by atoms with van der Waals surface area (Å²) in [4.78, 5) is 7.94. The Labute approximate surface area is 110 Å². The molecule has 0 saturated heterocycles. The molecule has 4 heteroatoms. The Morgan fingerprint density at radius 2 is 1.75 bits per heavy atom. The second-order valence-electron chi connectivity index (χ2n) is 3.95. The number of aromatic nitrogens is 2. The number of aryl methyl sites for hydroxylation is 2. The molecular formula is C12H22Cl2N2. The summed E-state index contributed by atoms with van der Waals surface area (Å²) in [5, 5.41) is 0. The summed E-state index contributed by atoms with van der Waals surface area (Å²) in [5.41, 5.74) is 2.30. The molecule has 0 bridgehead atoms. The van der Waals surface area contributed by atoms with Crippen LogP contribution in [-0.4, -0.2) is 9.97 Å². The Bertz CT molecular complexity index is 285. The molecule has 1 aromatic heterocycles. The maximum absolute atomic E-state index is 5.88. The lowest BCUT2D eigenvalue weighted by molar-refractivity contribution is 0.749. The van der Waals surface area contributed by atoms with Gasteiger partial charge in [0.2, 0.25) is 0 Å². The Morgan fingerprint density at radius 1 is 1.12 bits per heavy atom. The highest BCUT2D eigenvalue weighted by Gasteiger charge is 2.08. The summed E-state index contributed by atoms with van der Waals surface area (Å²) >= 11 is 5.88. The van der Waals surface area contributed by atoms with E-state index in [1.165, 1.54) is 31.4 Å². The fraction of sp³-hybridized carbons (Fsp3) is 0.750. The molecule has 1 aromatic rings. The van der Waals surface area contributed by atoms with Crippen molar-refractivity contribution in [1.82, 2.24) is 9.97 Å². The molecule has 0 aliphatic carbocycles. The maximum atomic E-state index is 5.88. The standard InChI is InChI=1S/C12H21ClN2.ClH/c1-3-5-7-10-11(9-13)15-12(14-10)8-6-4-2;/h3-9H2,1-2H3,(H,14,15);1H. The van der Waals surface area contributed by atoms with E-state index in [0.29, 0.717) is 5.88 Å². The van der Waals surface area contributed by atoms with E-state index in [1.54, 1.807) is 0 Å². The van der Waals surface area contributed by atoms with Gasteiger partial charge in [0.05, 0.1) is 11.6 Å². The highest BCUT2D eigenvalue weighted by Crippen LogP contribution is 2.13. The minimum atomic E-state index is 0. The van der Waals surface area contributed by atoms with E-state index in [4.69, 9.17) is 11.6 Å². The molecule has 0 atom stereocenters. The minimum Gasteiger partial charge on any atom is -0.346 e. The number of hydrogen-bond acceptors (Lipinski definition) is 1. The zero-order chi connectivity index (χ0) is 11.1. The first-order chi connectivity index (χ1) is 7.31. The van der Waals surface area contributed by atoms with E-state index in [2.05, 4.69) is 23.8 Å². The number of unbranched alkanes of at least 4 members (excludes halogenated alkanes) is 2. The van der Waals surface area contributed by atoms with E-state index in [-0.39, 0.29) is 12.4 Å². The summed E-state index contributed by atoms with van der Waals surface area (Å²) in [6.45, 7) is 4.40. The van der Waals surface area contributed by atoms with Crippen molar-refractivity contribution in [3.8, 4) is 0 Å². The number of H-pyrrole nitrogens is 1. The molecule has 16 heavy (non-hydrogen) atoms. The molecule has 0 unspecified atom stereocenters. The molecule has 0 spiro atoms. The van der Waals surface area contributed by atoms with Crippen LogP contribution in [0, 0.1) is 0 Å². The van der Waals surface area contributed by atoms with Gasteiger partial charge in [0, 0.05) is 12.1 Å². The molecule has 0 amide bonds. The number of rotatable bonds is 7. The molecular weight excluding hydrogens is 243 g/mol. The fourth-order valence-electron chi connectivity index (χ4n) is 1.64. The Hall–Kier alpha value is -0.210. The number of aromatic amines is 1. The molecule has 0 aromatic carbocycles. The molecule has 0 radical (unpaired) electrons. The zero-order valence-corrected chi connectivity index (χ0v) is 11.8. The van der Waals surface area contributed by atoms with Gasteiger partial charge in [-0.15, -0.1) is 24.0 Å². The van der Waals surface area contributed by atoms with E-state index < -0.39 is 0 Å². The van der Waals surface area contributed by atoms with Crippen LogP contribution in [0.5, 0.6) is 0 Å². The largest absolute Gasteiger partial charge is 0.346 e. The van der Waals surface area contributed by atoms with Crippen molar-refractivity contribution in [3.05, 3.63) is 17.2 Å². The normalized spacial score (nSPS) is 10.2. The van der Waals surface area contributed by atoms with E-state index in [1.807, 2.05) is 0 Å². The molecule has 0 fully saturated rings. The van der Waals surface area contributed by atoms with Gasteiger partial charge in [0.1, 0.15) is 5.82 Å². The van der Waals surface area contributed by atoms with Crippen molar-refractivity contribution in [2.75, 3.05) is 0 Å². The highest BCUT2D eigenvalue weighted by molar-refractivity contribution is 6.16. The lowest BCUT2D eigenvalue weighted by atomic mass is 10.2. The third kappa shape index (κ3) is 4.75. The molecule has 0 aliphatic rings. The summed E-state index contributed by atoms with van der Waals surface area (Å²) in [6.07, 6.45) is 6.96. The predicted molar refractivity (Wildman–Crippen MR) is 72.6 cm³/mol. The molecule has 0 aliphatic heterocycles. The Morgan fingerprint density at radius 3 is 2.31 bits per heavy atom. The van der Waals surface area contributed by atoms with Gasteiger partial charge in [0.25, 0.3) is 0 Å². The van der Waals surface area contributed by atoms with Gasteiger partial charge in [-0.05, 0) is 19.3 Å². The first-order valence-corrected chi connectivity index (χ1v) is 6.47. The molecule has 1 rings (SSSR count). The van der Waals surface area contributed by atoms with Gasteiger partial charge >= 0.3 is 0 Å². The third-order valence-corrected chi connectivity index (χ3v) is 2.84. The van der Waals surface area contributed by atoms with E-state index in [9.17, 15) is 0 Å². The van der Waals surface area contributed by atoms with Crippen molar-refractivity contribution in [2.45, 2.75) is 58.3 Å². The number of imidazole rings is 1. The molecule has 0 saturated carbocycles. The van der Waals surface area contributed by atoms with Crippen molar-refractivity contribution < 1.29 is 0 Å². The van der Waals surface area contributed by atoms with Crippen molar-refractivity contribution in [2.24, 2.45) is 0 Å². The lowest BCUT2D eigenvalue weighted by Gasteiger charge is -1.97. The summed E-state index contributed by atoms with van der Waals surface area (Å²) in [7, 11) is 0. The number of nitrogens with zero attached hydrogens (tertiary/aromatic N) is 1. The van der Waals surface area contributed by atoms with Gasteiger partial charge in [-0.25, -0.2) is 4.98 Å². The van der Waals surface area contributed by atoms with Crippen LogP contribution in [0.15, 0.2) is 0 Å². The molecule has 1 heterocycles. The second-order valence-corrected chi connectivity index (χ2v) is 4.22. The van der Waals surface area contributed by atoms with Gasteiger partial charge in [-0.1, -0.05) is 26.7 Å².